The van der Waals surface area contributed by atoms with Crippen molar-refractivity contribution in [3.05, 3.63) is 39.9 Å². The van der Waals surface area contributed by atoms with E-state index in [1.54, 1.807) is 11.6 Å². The van der Waals surface area contributed by atoms with Crippen molar-refractivity contribution in [2.45, 2.75) is 32.4 Å². The molecule has 2 aromatic heterocycles. The van der Waals surface area contributed by atoms with Gasteiger partial charge in [-0.15, -0.1) is 10.2 Å². The van der Waals surface area contributed by atoms with Gasteiger partial charge in [-0.25, -0.2) is 0 Å². The van der Waals surface area contributed by atoms with Crippen molar-refractivity contribution in [2.24, 2.45) is 7.05 Å². The van der Waals surface area contributed by atoms with Gasteiger partial charge in [0.1, 0.15) is 0 Å². The van der Waals surface area contributed by atoms with Crippen LogP contribution in [-0.2, 0) is 13.6 Å². The topological polar surface area (TPSA) is 75.7 Å². The van der Waals surface area contributed by atoms with E-state index in [1.165, 1.54) is 0 Å². The zero-order valence-corrected chi connectivity index (χ0v) is 13.9. The van der Waals surface area contributed by atoms with Crippen molar-refractivity contribution < 1.29 is 5.11 Å². The molecule has 1 N–H and O–H groups in total. The van der Waals surface area contributed by atoms with E-state index in [9.17, 15) is 9.90 Å². The molecule has 3 heterocycles. The smallest absolute Gasteiger partial charge is 0.262 e. The summed E-state index contributed by atoms with van der Waals surface area (Å²) < 4.78 is 3.53. The predicted molar refractivity (Wildman–Crippen MR) is 91.0 cm³/mol. The van der Waals surface area contributed by atoms with E-state index in [2.05, 4.69) is 15.1 Å². The molecule has 1 aliphatic heterocycles. The van der Waals surface area contributed by atoms with Gasteiger partial charge in [-0.2, -0.15) is 0 Å². The largest absolute Gasteiger partial charge is 0.393 e. The minimum Gasteiger partial charge on any atom is -0.393 e. The van der Waals surface area contributed by atoms with Gasteiger partial charge in [-0.1, -0.05) is 11.6 Å². The lowest BCUT2D eigenvalue weighted by Crippen LogP contribution is -2.35. The highest BCUT2D eigenvalue weighted by atomic mass is 16.3. The van der Waals surface area contributed by atoms with Crippen LogP contribution in [-0.4, -0.2) is 48.4 Å². The number of hydrogen-bond acceptors (Lipinski definition) is 5. The number of nitrogens with zero attached hydrogens (tertiary/aromatic N) is 5. The minimum atomic E-state index is -0.193. The Morgan fingerprint density at radius 2 is 2.00 bits per heavy atom. The van der Waals surface area contributed by atoms with Crippen LogP contribution in [0.1, 0.15) is 24.2 Å². The highest BCUT2D eigenvalue weighted by Crippen LogP contribution is 2.18. The molecular formula is C17H21N5O2. The third-order valence-electron chi connectivity index (χ3n) is 4.86. The van der Waals surface area contributed by atoms with Crippen molar-refractivity contribution >= 4 is 16.7 Å². The molecule has 24 heavy (non-hydrogen) atoms. The van der Waals surface area contributed by atoms with Crippen LogP contribution in [0.25, 0.3) is 16.7 Å². The van der Waals surface area contributed by atoms with E-state index in [-0.39, 0.29) is 11.7 Å². The molecule has 7 nitrogen and oxygen atoms in total. The van der Waals surface area contributed by atoms with E-state index in [0.717, 1.165) is 42.8 Å². The number of likely N-dealkylation sites (tertiary alicyclic amines) is 1. The number of hydrogen-bond donors (Lipinski definition) is 1. The van der Waals surface area contributed by atoms with Gasteiger partial charge < -0.3 is 5.11 Å². The fourth-order valence-electron chi connectivity index (χ4n) is 3.44. The minimum absolute atomic E-state index is 0.0544. The van der Waals surface area contributed by atoms with Gasteiger partial charge in [0.25, 0.3) is 5.56 Å². The first kappa shape index (κ1) is 15.3. The van der Waals surface area contributed by atoms with Crippen LogP contribution >= 0.6 is 0 Å². The standard InChI is InChI=1S/C17H21N5O2/c1-11-3-4-14-13(9-11)16(24)20(2)17-19-18-15(22(14)17)10-21-7-5-12(23)6-8-21/h3-4,9,12,23H,5-8,10H2,1-2H3. The van der Waals surface area contributed by atoms with Crippen LogP contribution in [0.5, 0.6) is 0 Å². The SMILES string of the molecule is Cc1ccc2c(c1)c(=O)n(C)c1nnc(CN3CCC(O)CC3)n21. The van der Waals surface area contributed by atoms with Gasteiger partial charge in [-0.05, 0) is 31.9 Å². The fraction of sp³-hybridized carbons (Fsp3) is 0.471. The fourth-order valence-corrected chi connectivity index (χ4v) is 3.44. The van der Waals surface area contributed by atoms with Gasteiger partial charge in [0.15, 0.2) is 5.82 Å². The molecule has 0 unspecified atom stereocenters. The average molecular weight is 327 g/mol. The van der Waals surface area contributed by atoms with E-state index in [0.29, 0.717) is 17.7 Å². The second-order valence-corrected chi connectivity index (χ2v) is 6.64. The number of piperidine rings is 1. The van der Waals surface area contributed by atoms with E-state index < -0.39 is 0 Å². The summed E-state index contributed by atoms with van der Waals surface area (Å²) in [6, 6.07) is 5.88. The van der Waals surface area contributed by atoms with Gasteiger partial charge in [0.2, 0.25) is 5.78 Å². The van der Waals surface area contributed by atoms with Crippen LogP contribution in [0.2, 0.25) is 0 Å². The Morgan fingerprint density at radius 3 is 2.75 bits per heavy atom. The maximum atomic E-state index is 12.6. The molecule has 1 aliphatic rings. The number of aromatic nitrogens is 4. The lowest BCUT2D eigenvalue weighted by atomic mass is 10.1. The Morgan fingerprint density at radius 1 is 1.25 bits per heavy atom. The number of rotatable bonds is 2. The molecule has 0 atom stereocenters. The molecule has 0 spiro atoms. The summed E-state index contributed by atoms with van der Waals surface area (Å²) in [5.74, 6) is 1.38. The van der Waals surface area contributed by atoms with Gasteiger partial charge in [-0.3, -0.25) is 18.7 Å². The molecule has 4 rings (SSSR count). The molecule has 1 aromatic carbocycles. The molecule has 1 fully saturated rings. The summed E-state index contributed by atoms with van der Waals surface area (Å²) in [7, 11) is 1.73. The predicted octanol–water partition coefficient (Wildman–Crippen LogP) is 0.846. The van der Waals surface area contributed by atoms with Gasteiger partial charge in [0, 0.05) is 20.1 Å². The van der Waals surface area contributed by atoms with Crippen molar-refractivity contribution in [1.82, 2.24) is 24.1 Å². The number of aryl methyl sites for hydroxylation is 2. The summed E-state index contributed by atoms with van der Waals surface area (Å²) in [5.41, 5.74) is 1.84. The highest BCUT2D eigenvalue weighted by molar-refractivity contribution is 5.81. The van der Waals surface area contributed by atoms with Crippen LogP contribution in [0.15, 0.2) is 23.0 Å². The Kier molecular flexibility index (Phi) is 3.62. The number of benzene rings is 1. The van der Waals surface area contributed by atoms with Crippen molar-refractivity contribution in [3.8, 4) is 0 Å². The second-order valence-electron chi connectivity index (χ2n) is 6.64. The lowest BCUT2D eigenvalue weighted by molar-refractivity contribution is 0.0779. The summed E-state index contributed by atoms with van der Waals surface area (Å²) in [5, 5.41) is 18.9. The van der Waals surface area contributed by atoms with E-state index >= 15 is 0 Å². The summed E-state index contributed by atoms with van der Waals surface area (Å²) in [6.45, 7) is 4.34. The first-order valence-corrected chi connectivity index (χ1v) is 8.28. The third-order valence-corrected chi connectivity index (χ3v) is 4.86. The molecule has 3 aromatic rings. The molecule has 0 amide bonds. The van der Waals surface area contributed by atoms with Crippen LogP contribution < -0.4 is 5.56 Å². The molecule has 7 heteroatoms. The highest BCUT2D eigenvalue weighted by Gasteiger charge is 2.21. The molecular weight excluding hydrogens is 306 g/mol. The lowest BCUT2D eigenvalue weighted by Gasteiger charge is -2.28. The Balaban J connectivity index is 1.85. The molecule has 126 valence electrons. The van der Waals surface area contributed by atoms with Gasteiger partial charge >= 0.3 is 0 Å². The maximum absolute atomic E-state index is 12.6. The zero-order valence-electron chi connectivity index (χ0n) is 13.9. The quantitative estimate of drug-likeness (QED) is 0.755. The summed E-state index contributed by atoms with van der Waals surface area (Å²) in [4.78, 5) is 14.8. The zero-order chi connectivity index (χ0) is 16.8. The first-order chi connectivity index (χ1) is 11.5. The second kappa shape index (κ2) is 5.68. The third kappa shape index (κ3) is 2.40. The first-order valence-electron chi connectivity index (χ1n) is 8.28. The summed E-state index contributed by atoms with van der Waals surface area (Å²) >= 11 is 0. The van der Waals surface area contributed by atoms with Crippen molar-refractivity contribution in [2.75, 3.05) is 13.1 Å². The van der Waals surface area contributed by atoms with Crippen LogP contribution in [0.3, 0.4) is 0 Å². The number of aliphatic hydroxyl groups is 1. The molecule has 0 bridgehead atoms. The monoisotopic (exact) mass is 327 g/mol. The summed E-state index contributed by atoms with van der Waals surface area (Å²) in [6.07, 6.45) is 1.38. The molecule has 1 saturated heterocycles. The average Bonchev–Trinajstić information content (AvgIpc) is 2.98. The Labute approximate surface area is 139 Å². The van der Waals surface area contributed by atoms with Gasteiger partial charge in [0.05, 0.1) is 23.6 Å². The maximum Gasteiger partial charge on any atom is 0.262 e. The normalized spacial score (nSPS) is 17.1. The van der Waals surface area contributed by atoms with Crippen LogP contribution in [0, 0.1) is 6.92 Å². The van der Waals surface area contributed by atoms with E-state index in [1.807, 2.05) is 29.5 Å². The van der Waals surface area contributed by atoms with Crippen molar-refractivity contribution in [3.63, 3.8) is 0 Å². The Bertz CT molecular complexity index is 966. The Hall–Kier alpha value is -2.25. The van der Waals surface area contributed by atoms with Crippen molar-refractivity contribution in [1.29, 1.82) is 0 Å². The molecule has 0 aliphatic carbocycles. The van der Waals surface area contributed by atoms with Crippen LogP contribution in [0.4, 0.5) is 0 Å². The molecule has 0 saturated carbocycles. The molecule has 0 radical (unpaired) electrons. The van der Waals surface area contributed by atoms with E-state index in [4.69, 9.17) is 0 Å². The number of fused-ring (bicyclic) bond motifs is 3. The number of aliphatic hydroxyl groups excluding tert-OH is 1.